The summed E-state index contributed by atoms with van der Waals surface area (Å²) in [7, 11) is 0. The number of hydrazine groups is 1. The summed E-state index contributed by atoms with van der Waals surface area (Å²) in [6, 6.07) is 10.4. The van der Waals surface area contributed by atoms with Crippen LogP contribution in [0, 0.1) is 0 Å². The van der Waals surface area contributed by atoms with Crippen LogP contribution >= 0.6 is 39.9 Å². The minimum absolute atomic E-state index is 0.283. The molecule has 2 amide bonds. The van der Waals surface area contributed by atoms with Crippen LogP contribution in [0.1, 0.15) is 15.9 Å². The summed E-state index contributed by atoms with van der Waals surface area (Å²) < 4.78 is 1.15. The molecule has 0 aliphatic carbocycles. The average molecular weight is 420 g/mol. The molecule has 1 aromatic heterocycles. The highest BCUT2D eigenvalue weighted by Crippen LogP contribution is 2.31. The van der Waals surface area contributed by atoms with E-state index in [0.29, 0.717) is 10.5 Å². The number of pyridine rings is 1. The van der Waals surface area contributed by atoms with E-state index in [4.69, 9.17) is 12.2 Å². The number of amides is 2. The minimum Gasteiger partial charge on any atom is -0.267 e. The smallest absolute Gasteiger partial charge is 0.267 e. The fourth-order valence-corrected chi connectivity index (χ4v) is 3.39. The molecule has 2 aromatic rings. The van der Waals surface area contributed by atoms with E-state index in [9.17, 15) is 9.59 Å². The maximum absolute atomic E-state index is 12.5. The van der Waals surface area contributed by atoms with E-state index in [2.05, 4.69) is 26.3 Å². The Morgan fingerprint density at radius 3 is 2.54 bits per heavy atom. The number of thiocarbonyl (C=S) groups is 1. The molecular weight excluding hydrogens is 410 g/mol. The molecule has 1 aliphatic rings. The molecule has 0 bridgehead atoms. The molecule has 0 spiro atoms. The van der Waals surface area contributed by atoms with Gasteiger partial charge in [-0.05, 0) is 60.3 Å². The number of thioether (sulfide) groups is 1. The molecule has 2 heterocycles. The molecule has 8 heteroatoms. The normalized spacial score (nSPS) is 15.9. The Kier molecular flexibility index (Phi) is 5.08. The van der Waals surface area contributed by atoms with E-state index >= 15 is 0 Å². The van der Waals surface area contributed by atoms with Crippen LogP contribution in [0.15, 0.2) is 58.2 Å². The highest BCUT2D eigenvalue weighted by molar-refractivity contribution is 9.10. The van der Waals surface area contributed by atoms with Crippen LogP contribution in [0.2, 0.25) is 0 Å². The van der Waals surface area contributed by atoms with Gasteiger partial charge in [0, 0.05) is 22.4 Å². The number of carbonyl (C=O) groups excluding carboxylic acids is 2. The molecule has 0 saturated carbocycles. The molecule has 1 aromatic carbocycles. The third kappa shape index (κ3) is 3.72. The average Bonchev–Trinajstić information content (AvgIpc) is 2.84. The second-order valence-electron chi connectivity index (χ2n) is 4.75. The van der Waals surface area contributed by atoms with Gasteiger partial charge in [-0.3, -0.25) is 20.0 Å². The Balaban J connectivity index is 1.76. The van der Waals surface area contributed by atoms with Crippen molar-refractivity contribution >= 4 is 62.1 Å². The number of carbonyl (C=O) groups is 2. The summed E-state index contributed by atoms with van der Waals surface area (Å²) >= 11 is 9.64. The van der Waals surface area contributed by atoms with Gasteiger partial charge >= 0.3 is 0 Å². The molecule has 1 fully saturated rings. The number of hydrogen-bond acceptors (Lipinski definition) is 5. The number of aromatic nitrogens is 1. The first-order valence-electron chi connectivity index (χ1n) is 6.79. The first kappa shape index (κ1) is 16.8. The predicted molar refractivity (Wildman–Crippen MR) is 101 cm³/mol. The lowest BCUT2D eigenvalue weighted by molar-refractivity contribution is -0.123. The molecule has 1 saturated heterocycles. The topological polar surface area (TPSA) is 62.3 Å². The van der Waals surface area contributed by atoms with Gasteiger partial charge < -0.3 is 0 Å². The van der Waals surface area contributed by atoms with Gasteiger partial charge in [-0.1, -0.05) is 27.7 Å². The van der Waals surface area contributed by atoms with E-state index in [0.717, 1.165) is 26.8 Å². The highest BCUT2D eigenvalue weighted by atomic mass is 79.9. The van der Waals surface area contributed by atoms with Crippen LogP contribution in [0.5, 0.6) is 0 Å². The third-order valence-corrected chi connectivity index (χ3v) is 4.95. The van der Waals surface area contributed by atoms with Gasteiger partial charge in [0.15, 0.2) is 4.32 Å². The predicted octanol–water partition coefficient (Wildman–Crippen LogP) is 3.39. The second kappa shape index (κ2) is 7.25. The van der Waals surface area contributed by atoms with Gasteiger partial charge in [0.05, 0.1) is 4.91 Å². The lowest BCUT2D eigenvalue weighted by atomic mass is 10.2. The van der Waals surface area contributed by atoms with E-state index < -0.39 is 5.91 Å². The van der Waals surface area contributed by atoms with Gasteiger partial charge in [-0.15, -0.1) is 0 Å². The van der Waals surface area contributed by atoms with Crippen LogP contribution in [0.25, 0.3) is 6.08 Å². The fraction of sp³-hybridized carbons (Fsp3) is 0. The summed E-state index contributed by atoms with van der Waals surface area (Å²) in [5, 5.41) is 1.09. The Morgan fingerprint density at radius 1 is 1.21 bits per heavy atom. The second-order valence-corrected chi connectivity index (χ2v) is 7.34. The standard InChI is InChI=1S/C16H10BrN3O2S2/c17-12-3-1-11(2-4-12)14(21)19-20-15(22)13(24-16(20)23)9-10-5-7-18-8-6-10/h1-9H,(H,19,21)/b13-9-. The molecule has 1 N–H and O–H groups in total. The van der Waals surface area contributed by atoms with E-state index in [-0.39, 0.29) is 10.2 Å². The van der Waals surface area contributed by atoms with Crippen molar-refractivity contribution in [3.05, 3.63) is 69.3 Å². The third-order valence-electron chi connectivity index (χ3n) is 3.12. The number of halogens is 1. The van der Waals surface area contributed by atoms with Crippen molar-refractivity contribution in [3.63, 3.8) is 0 Å². The van der Waals surface area contributed by atoms with Crippen LogP contribution in [-0.2, 0) is 4.79 Å². The fourth-order valence-electron chi connectivity index (χ4n) is 1.94. The number of rotatable bonds is 3. The SMILES string of the molecule is O=C(NN1C(=O)/C(=C/c2ccncc2)SC1=S)c1ccc(Br)cc1. The molecule has 120 valence electrons. The number of hydrogen-bond donors (Lipinski definition) is 1. The van der Waals surface area contributed by atoms with Crippen LogP contribution in [-0.4, -0.2) is 26.1 Å². The summed E-state index contributed by atoms with van der Waals surface area (Å²) in [6.07, 6.45) is 5.00. The Bertz CT molecular complexity index is 838. The first-order chi connectivity index (χ1) is 11.5. The molecular formula is C16H10BrN3O2S2. The van der Waals surface area contributed by atoms with Gasteiger partial charge in [0.2, 0.25) is 0 Å². The van der Waals surface area contributed by atoms with Gasteiger partial charge in [0.1, 0.15) is 0 Å². The van der Waals surface area contributed by atoms with Crippen LogP contribution < -0.4 is 5.43 Å². The number of nitrogens with one attached hydrogen (secondary N) is 1. The number of benzene rings is 1. The molecule has 24 heavy (non-hydrogen) atoms. The summed E-state index contributed by atoms with van der Waals surface area (Å²) in [5.74, 6) is -0.753. The largest absolute Gasteiger partial charge is 0.285 e. The summed E-state index contributed by atoms with van der Waals surface area (Å²) in [6.45, 7) is 0. The van der Waals surface area contributed by atoms with Crippen molar-refractivity contribution in [3.8, 4) is 0 Å². The van der Waals surface area contributed by atoms with Crippen molar-refractivity contribution in [2.24, 2.45) is 0 Å². The Labute approximate surface area is 156 Å². The van der Waals surface area contributed by atoms with E-state index in [1.54, 1.807) is 54.9 Å². The van der Waals surface area contributed by atoms with Crippen LogP contribution in [0.3, 0.4) is 0 Å². The van der Waals surface area contributed by atoms with Crippen molar-refractivity contribution in [1.82, 2.24) is 15.4 Å². The summed E-state index contributed by atoms with van der Waals surface area (Å²) in [5.41, 5.74) is 3.82. The van der Waals surface area contributed by atoms with Gasteiger partial charge in [-0.25, -0.2) is 0 Å². The minimum atomic E-state index is -0.399. The molecule has 0 radical (unpaired) electrons. The first-order valence-corrected chi connectivity index (χ1v) is 8.81. The van der Waals surface area contributed by atoms with Crippen molar-refractivity contribution in [1.29, 1.82) is 0 Å². The number of nitrogens with zero attached hydrogens (tertiary/aromatic N) is 2. The van der Waals surface area contributed by atoms with E-state index in [1.165, 1.54) is 0 Å². The quantitative estimate of drug-likeness (QED) is 0.610. The van der Waals surface area contributed by atoms with Crippen molar-refractivity contribution in [2.75, 3.05) is 0 Å². The maximum atomic E-state index is 12.5. The van der Waals surface area contributed by atoms with Crippen LogP contribution in [0.4, 0.5) is 0 Å². The zero-order valence-corrected chi connectivity index (χ0v) is 15.3. The molecule has 0 atom stereocenters. The van der Waals surface area contributed by atoms with E-state index in [1.807, 2.05) is 0 Å². The highest BCUT2D eigenvalue weighted by Gasteiger charge is 2.33. The Hall–Kier alpha value is -2.03. The zero-order chi connectivity index (χ0) is 17.1. The summed E-state index contributed by atoms with van der Waals surface area (Å²) in [4.78, 5) is 29.1. The van der Waals surface area contributed by atoms with Crippen molar-refractivity contribution < 1.29 is 9.59 Å². The van der Waals surface area contributed by atoms with Crippen molar-refractivity contribution in [2.45, 2.75) is 0 Å². The molecule has 0 unspecified atom stereocenters. The van der Waals surface area contributed by atoms with Gasteiger partial charge in [0.25, 0.3) is 11.8 Å². The monoisotopic (exact) mass is 419 g/mol. The zero-order valence-electron chi connectivity index (χ0n) is 12.1. The Morgan fingerprint density at radius 2 is 1.88 bits per heavy atom. The maximum Gasteiger partial charge on any atom is 0.285 e. The molecule has 5 nitrogen and oxygen atoms in total. The molecule has 1 aliphatic heterocycles. The lowest BCUT2D eigenvalue weighted by Crippen LogP contribution is -2.44. The lowest BCUT2D eigenvalue weighted by Gasteiger charge is -2.15. The molecule has 3 rings (SSSR count). The van der Waals surface area contributed by atoms with Gasteiger partial charge in [-0.2, -0.15) is 5.01 Å².